The number of rotatable bonds is 14. The van der Waals surface area contributed by atoms with Crippen molar-refractivity contribution in [1.82, 2.24) is 20.4 Å². The van der Waals surface area contributed by atoms with E-state index in [1.807, 2.05) is 6.92 Å². The van der Waals surface area contributed by atoms with Gasteiger partial charge < -0.3 is 20.4 Å². The van der Waals surface area contributed by atoms with E-state index >= 15 is 0 Å². The minimum absolute atomic E-state index is 0.0816. The minimum atomic E-state index is 0.0816. The fourth-order valence-electron chi connectivity index (χ4n) is 8.83. The first-order valence-corrected chi connectivity index (χ1v) is 20.3. The minimum Gasteiger partial charge on any atom is -0.309 e. The predicted octanol–water partition coefficient (Wildman–Crippen LogP) is 7.88. The highest BCUT2D eigenvalue weighted by molar-refractivity contribution is 8.15. The summed E-state index contributed by atoms with van der Waals surface area (Å²) in [6.45, 7) is 11.3. The second kappa shape index (κ2) is 18.8. The summed E-state index contributed by atoms with van der Waals surface area (Å²) in [4.78, 5) is 20.8. The van der Waals surface area contributed by atoms with Gasteiger partial charge in [-0.2, -0.15) is 0 Å². The summed E-state index contributed by atoms with van der Waals surface area (Å²) in [5.74, 6) is 2.87. The van der Waals surface area contributed by atoms with Crippen LogP contribution in [-0.2, 0) is 4.79 Å². The normalized spacial score (nSPS) is 27.4. The maximum atomic E-state index is 11.3. The van der Waals surface area contributed by atoms with Crippen LogP contribution in [0.25, 0.3) is 0 Å². The van der Waals surface area contributed by atoms with Gasteiger partial charge in [0.1, 0.15) is 0 Å². The SMILES string of the molecule is CC1SC(CC2CC3CCC2C3)=NC1=O.c1ccc([C@H](CN2CCCCC2)NCCCN[C@@H](CN2CCCCC2)c2ccccc2)cc1. The number of amides is 1. The van der Waals surface area contributed by atoms with Crippen molar-refractivity contribution >= 4 is 22.7 Å². The van der Waals surface area contributed by atoms with Crippen LogP contribution in [0, 0.1) is 17.8 Å². The molecule has 1 amide bonds. The van der Waals surface area contributed by atoms with Gasteiger partial charge in [-0.1, -0.05) is 91.7 Å². The third-order valence-corrected chi connectivity index (χ3v) is 12.6. The molecule has 2 aromatic carbocycles. The highest BCUT2D eigenvalue weighted by atomic mass is 32.2. The van der Waals surface area contributed by atoms with Crippen LogP contribution in [0.5, 0.6) is 0 Å². The van der Waals surface area contributed by atoms with E-state index in [1.54, 1.807) is 11.8 Å². The van der Waals surface area contributed by atoms with Crippen molar-refractivity contribution in [2.75, 3.05) is 52.4 Å². The van der Waals surface area contributed by atoms with Crippen LogP contribution in [0.3, 0.4) is 0 Å². The Morgan fingerprint density at radius 2 is 1.29 bits per heavy atom. The Balaban J connectivity index is 0.000000221. The molecule has 0 aromatic heterocycles. The van der Waals surface area contributed by atoms with E-state index in [0.717, 1.165) is 61.8 Å². The van der Waals surface area contributed by atoms with Gasteiger partial charge in [0.05, 0.1) is 10.3 Å². The Hall–Kier alpha value is -2.03. The first-order valence-electron chi connectivity index (χ1n) is 19.4. The number of hydrogen-bond donors (Lipinski definition) is 2. The predicted molar refractivity (Wildman–Crippen MR) is 203 cm³/mol. The van der Waals surface area contributed by atoms with Crippen LogP contribution in [0.4, 0.5) is 0 Å². The van der Waals surface area contributed by atoms with Gasteiger partial charge >= 0.3 is 0 Å². The van der Waals surface area contributed by atoms with Crippen LogP contribution in [0.1, 0.15) is 107 Å². The number of carbonyl (C=O) groups excluding carboxylic acids is 1. The van der Waals surface area contributed by atoms with Crippen molar-refractivity contribution in [2.24, 2.45) is 22.7 Å². The molecule has 7 heteroatoms. The highest BCUT2D eigenvalue weighted by Gasteiger charge is 2.40. The number of fused-ring (bicyclic) bond motifs is 2. The molecule has 2 aliphatic carbocycles. The van der Waals surface area contributed by atoms with Crippen LogP contribution >= 0.6 is 11.8 Å². The standard InChI is InChI=1S/C29H44N4.C12H17NOS/c1-5-14-26(15-6-1)28(24-32-20-9-3-10-21-32)30-18-13-19-31-29(27-16-7-2-8-17-27)25-33-22-11-4-12-23-33;1-7-12(14)13-11(15-7)6-10-5-8-2-3-9(10)4-8/h1-2,5-8,14-17,28-31H,3-4,9-13,18-25H2;7-10H,2-6H2,1H3/t28-,29-;/m0./s1. The van der Waals surface area contributed by atoms with Gasteiger partial charge in [-0.3, -0.25) is 4.79 Å². The molecule has 2 N–H and O–H groups in total. The Morgan fingerprint density at radius 3 is 1.73 bits per heavy atom. The first-order chi connectivity index (χ1) is 23.6. The lowest BCUT2D eigenvalue weighted by molar-refractivity contribution is -0.116. The molecule has 2 bridgehead atoms. The zero-order valence-electron chi connectivity index (χ0n) is 29.5. The Kier molecular flexibility index (Phi) is 14.0. The van der Waals surface area contributed by atoms with Crippen LogP contribution in [0.15, 0.2) is 65.7 Å². The summed E-state index contributed by atoms with van der Waals surface area (Å²) in [7, 11) is 0. The molecule has 48 heavy (non-hydrogen) atoms. The maximum absolute atomic E-state index is 11.3. The number of nitrogens with one attached hydrogen (secondary N) is 2. The maximum Gasteiger partial charge on any atom is 0.259 e. The molecule has 6 nitrogen and oxygen atoms in total. The van der Waals surface area contributed by atoms with Gasteiger partial charge in [-0.05, 0) is 133 Å². The highest BCUT2D eigenvalue weighted by Crippen LogP contribution is 2.50. The van der Waals surface area contributed by atoms with E-state index in [2.05, 4.69) is 86.1 Å². The second-order valence-electron chi connectivity index (χ2n) is 15.2. The second-order valence-corrected chi connectivity index (χ2v) is 16.6. The summed E-state index contributed by atoms with van der Waals surface area (Å²) >= 11 is 1.69. The summed E-state index contributed by atoms with van der Waals surface area (Å²) in [5.41, 5.74) is 2.84. The molecule has 2 saturated carbocycles. The third kappa shape index (κ3) is 10.7. The van der Waals surface area contributed by atoms with E-state index in [9.17, 15) is 4.79 Å². The van der Waals surface area contributed by atoms with Gasteiger partial charge in [-0.15, -0.1) is 0 Å². The quantitative estimate of drug-likeness (QED) is 0.199. The molecule has 0 spiro atoms. The number of likely N-dealkylation sites (tertiary alicyclic amines) is 2. The molecular weight excluding hydrogens is 611 g/mol. The fourth-order valence-corrected chi connectivity index (χ4v) is 9.84. The van der Waals surface area contributed by atoms with Crippen LogP contribution in [-0.4, -0.2) is 78.4 Å². The number of carbonyl (C=O) groups is 1. The van der Waals surface area contributed by atoms with Gasteiger partial charge in [0.2, 0.25) is 0 Å². The van der Waals surface area contributed by atoms with Crippen molar-refractivity contribution in [1.29, 1.82) is 0 Å². The first kappa shape index (κ1) is 35.8. The number of nitrogens with zero attached hydrogens (tertiary/aromatic N) is 3. The van der Waals surface area contributed by atoms with Crippen molar-refractivity contribution in [3.63, 3.8) is 0 Å². The van der Waals surface area contributed by atoms with Crippen molar-refractivity contribution in [3.8, 4) is 0 Å². The summed E-state index contributed by atoms with van der Waals surface area (Å²) in [6.07, 6.45) is 16.1. The number of benzene rings is 2. The Morgan fingerprint density at radius 1 is 0.750 bits per heavy atom. The van der Waals surface area contributed by atoms with Crippen LogP contribution < -0.4 is 10.6 Å². The third-order valence-electron chi connectivity index (χ3n) is 11.5. The molecule has 4 unspecified atom stereocenters. The molecule has 2 aromatic rings. The Labute approximate surface area is 295 Å². The molecule has 262 valence electrons. The lowest BCUT2D eigenvalue weighted by Crippen LogP contribution is -2.40. The molecule has 5 aliphatic rings. The molecule has 7 rings (SSSR count). The summed E-state index contributed by atoms with van der Waals surface area (Å²) in [5, 5.41) is 8.97. The number of hydrogen-bond acceptors (Lipinski definition) is 6. The molecular formula is C41H61N5OS. The van der Waals surface area contributed by atoms with E-state index in [1.165, 1.54) is 102 Å². The van der Waals surface area contributed by atoms with E-state index < -0.39 is 0 Å². The average Bonchev–Trinajstić information content (AvgIpc) is 3.85. The van der Waals surface area contributed by atoms with E-state index in [0.29, 0.717) is 12.1 Å². The summed E-state index contributed by atoms with van der Waals surface area (Å²) in [6, 6.07) is 22.9. The number of aliphatic imine (C=N–C) groups is 1. The number of piperidine rings is 2. The molecule has 6 atom stereocenters. The molecule has 3 heterocycles. The molecule has 2 saturated heterocycles. The van der Waals surface area contributed by atoms with Crippen molar-refractivity contribution < 1.29 is 4.79 Å². The average molecular weight is 672 g/mol. The number of thioether (sulfide) groups is 1. The van der Waals surface area contributed by atoms with E-state index in [4.69, 9.17) is 0 Å². The monoisotopic (exact) mass is 671 g/mol. The zero-order valence-corrected chi connectivity index (χ0v) is 30.4. The van der Waals surface area contributed by atoms with Gasteiger partial charge in [0, 0.05) is 25.2 Å². The van der Waals surface area contributed by atoms with Crippen LogP contribution in [0.2, 0.25) is 0 Å². The molecule has 4 fully saturated rings. The zero-order chi connectivity index (χ0) is 33.0. The largest absolute Gasteiger partial charge is 0.309 e. The topological polar surface area (TPSA) is 60.0 Å². The van der Waals surface area contributed by atoms with Gasteiger partial charge in [0.25, 0.3) is 5.91 Å². The Bertz CT molecular complexity index is 1200. The van der Waals surface area contributed by atoms with E-state index in [-0.39, 0.29) is 11.2 Å². The van der Waals surface area contributed by atoms with Crippen molar-refractivity contribution in [2.45, 2.75) is 101 Å². The lowest BCUT2D eigenvalue weighted by Gasteiger charge is -2.32. The molecule has 0 radical (unpaired) electrons. The summed E-state index contributed by atoms with van der Waals surface area (Å²) < 4.78 is 0. The lowest BCUT2D eigenvalue weighted by atomic mass is 9.87. The molecule has 3 aliphatic heterocycles. The smallest absolute Gasteiger partial charge is 0.259 e. The fraction of sp³-hybridized carbons (Fsp3) is 0.659. The van der Waals surface area contributed by atoms with Gasteiger partial charge in [0.15, 0.2) is 0 Å². The van der Waals surface area contributed by atoms with Crippen molar-refractivity contribution in [3.05, 3.63) is 71.8 Å². The van der Waals surface area contributed by atoms with Gasteiger partial charge in [-0.25, -0.2) is 4.99 Å².